The van der Waals surface area contributed by atoms with Crippen LogP contribution >= 0.6 is 11.3 Å². The molecule has 0 aliphatic carbocycles. The van der Waals surface area contributed by atoms with Crippen molar-refractivity contribution in [1.29, 1.82) is 0 Å². The van der Waals surface area contributed by atoms with Crippen LogP contribution < -0.4 is 10.2 Å². The van der Waals surface area contributed by atoms with E-state index in [1.165, 1.54) is 10.2 Å². The number of anilines is 1. The normalized spacial score (nSPS) is 15.6. The molecule has 1 aliphatic heterocycles. The zero-order valence-electron chi connectivity index (χ0n) is 18.6. The van der Waals surface area contributed by atoms with Crippen molar-refractivity contribution in [1.82, 2.24) is 30.6 Å². The van der Waals surface area contributed by atoms with Gasteiger partial charge in [0, 0.05) is 23.9 Å². The van der Waals surface area contributed by atoms with Gasteiger partial charge in [0.25, 0.3) is 0 Å². The molecule has 3 aromatic heterocycles. The number of aryl methyl sites for hydroxylation is 1. The first kappa shape index (κ1) is 21.5. The molecule has 5 rings (SSSR count). The summed E-state index contributed by atoms with van der Waals surface area (Å²) in [6.45, 7) is 3.73. The van der Waals surface area contributed by atoms with E-state index in [0.717, 1.165) is 55.0 Å². The van der Waals surface area contributed by atoms with Crippen LogP contribution in [0.2, 0.25) is 0 Å². The third-order valence-electron chi connectivity index (χ3n) is 6.21. The highest BCUT2D eigenvalue weighted by molar-refractivity contribution is 7.10. The SMILES string of the molecule is CCCc1ccc([C@@H](NC(=O)C2CCN(c3ccc4nnnn4n3)CC2)c2cccs2)cc1. The fourth-order valence-electron chi connectivity index (χ4n) is 4.38. The minimum Gasteiger partial charge on any atom is -0.355 e. The zero-order chi connectivity index (χ0) is 22.6. The van der Waals surface area contributed by atoms with E-state index < -0.39 is 0 Å². The topological polar surface area (TPSA) is 88.3 Å². The Morgan fingerprint density at radius 3 is 2.70 bits per heavy atom. The van der Waals surface area contributed by atoms with Gasteiger partial charge >= 0.3 is 0 Å². The Labute approximate surface area is 196 Å². The smallest absolute Gasteiger partial charge is 0.224 e. The highest BCUT2D eigenvalue weighted by Gasteiger charge is 2.28. The first-order valence-electron chi connectivity index (χ1n) is 11.4. The van der Waals surface area contributed by atoms with Gasteiger partial charge in [-0.1, -0.05) is 43.7 Å². The summed E-state index contributed by atoms with van der Waals surface area (Å²) in [4.78, 5) is 16.6. The molecule has 1 atom stereocenters. The fourth-order valence-corrected chi connectivity index (χ4v) is 5.18. The Hall–Kier alpha value is -3.33. The lowest BCUT2D eigenvalue weighted by atomic mass is 9.94. The third kappa shape index (κ3) is 4.73. The van der Waals surface area contributed by atoms with Crippen LogP contribution in [0.4, 0.5) is 5.82 Å². The summed E-state index contributed by atoms with van der Waals surface area (Å²) in [6.07, 6.45) is 3.77. The first-order valence-corrected chi connectivity index (χ1v) is 12.3. The van der Waals surface area contributed by atoms with E-state index in [0.29, 0.717) is 5.65 Å². The van der Waals surface area contributed by atoms with Crippen molar-refractivity contribution >= 4 is 28.7 Å². The Balaban J connectivity index is 1.25. The number of fused-ring (bicyclic) bond motifs is 1. The molecule has 0 unspecified atom stereocenters. The van der Waals surface area contributed by atoms with Gasteiger partial charge in [0.15, 0.2) is 11.5 Å². The van der Waals surface area contributed by atoms with Crippen molar-refractivity contribution < 1.29 is 4.79 Å². The molecule has 1 amide bonds. The number of benzene rings is 1. The van der Waals surface area contributed by atoms with E-state index in [9.17, 15) is 4.79 Å². The summed E-state index contributed by atoms with van der Waals surface area (Å²) in [5.41, 5.74) is 3.08. The van der Waals surface area contributed by atoms with E-state index in [-0.39, 0.29) is 17.9 Å². The number of aromatic nitrogens is 5. The Morgan fingerprint density at radius 2 is 1.97 bits per heavy atom. The molecule has 0 bridgehead atoms. The molecule has 1 N–H and O–H groups in total. The van der Waals surface area contributed by atoms with Crippen molar-refractivity contribution in [3.63, 3.8) is 0 Å². The number of hydrogen-bond donors (Lipinski definition) is 1. The Morgan fingerprint density at radius 1 is 1.15 bits per heavy atom. The quantitative estimate of drug-likeness (QED) is 0.452. The summed E-state index contributed by atoms with van der Waals surface area (Å²) in [7, 11) is 0. The molecule has 170 valence electrons. The second-order valence-corrected chi connectivity index (χ2v) is 9.41. The van der Waals surface area contributed by atoms with Gasteiger partial charge in [0.2, 0.25) is 5.91 Å². The van der Waals surface area contributed by atoms with Gasteiger partial charge in [-0.3, -0.25) is 4.79 Å². The van der Waals surface area contributed by atoms with Gasteiger partial charge in [-0.25, -0.2) is 0 Å². The first-order chi connectivity index (χ1) is 16.2. The van der Waals surface area contributed by atoms with E-state index in [1.807, 2.05) is 18.2 Å². The molecule has 4 aromatic rings. The van der Waals surface area contributed by atoms with Crippen molar-refractivity contribution in [2.45, 2.75) is 38.6 Å². The zero-order valence-corrected chi connectivity index (χ0v) is 19.4. The molecular formula is C24H27N7OS. The fraction of sp³-hybridized carbons (Fsp3) is 0.375. The van der Waals surface area contributed by atoms with E-state index in [4.69, 9.17) is 0 Å². The Kier molecular flexibility index (Phi) is 6.30. The maximum atomic E-state index is 13.3. The molecule has 1 aliphatic rings. The van der Waals surface area contributed by atoms with E-state index >= 15 is 0 Å². The Bertz CT molecular complexity index is 1200. The van der Waals surface area contributed by atoms with Crippen LogP contribution in [0.15, 0.2) is 53.9 Å². The van der Waals surface area contributed by atoms with Crippen molar-refractivity contribution in [3.05, 3.63) is 69.9 Å². The molecule has 0 radical (unpaired) electrons. The number of amides is 1. The standard InChI is InChI=1S/C24H27N7OS/c1-2-4-17-6-8-18(9-7-17)23(20-5-3-16-33-20)25-24(32)19-12-14-30(15-13-19)22-11-10-21-26-28-29-31(21)27-22/h3,5-11,16,19,23H,2,4,12-15H2,1H3,(H,25,32)/t23-/m1/s1. The molecule has 0 saturated carbocycles. The molecule has 9 heteroatoms. The molecule has 1 saturated heterocycles. The summed E-state index contributed by atoms with van der Waals surface area (Å²) in [5, 5.41) is 21.3. The molecule has 33 heavy (non-hydrogen) atoms. The summed E-state index contributed by atoms with van der Waals surface area (Å²) < 4.78 is 1.44. The minimum absolute atomic E-state index is 0.0140. The van der Waals surface area contributed by atoms with Crippen molar-refractivity contribution in [2.24, 2.45) is 5.92 Å². The largest absolute Gasteiger partial charge is 0.355 e. The maximum Gasteiger partial charge on any atom is 0.224 e. The minimum atomic E-state index is -0.116. The molecule has 0 spiro atoms. The second kappa shape index (κ2) is 9.66. The lowest BCUT2D eigenvalue weighted by molar-refractivity contribution is -0.126. The number of nitrogens with one attached hydrogen (secondary N) is 1. The average Bonchev–Trinajstić information content (AvgIpc) is 3.55. The number of piperidine rings is 1. The van der Waals surface area contributed by atoms with Gasteiger partial charge in [-0.15, -0.1) is 26.2 Å². The summed E-state index contributed by atoms with van der Waals surface area (Å²) in [6, 6.07) is 16.5. The van der Waals surface area contributed by atoms with Gasteiger partial charge in [0.05, 0.1) is 6.04 Å². The number of carbonyl (C=O) groups is 1. The highest BCUT2D eigenvalue weighted by Crippen LogP contribution is 2.29. The second-order valence-electron chi connectivity index (χ2n) is 8.43. The average molecular weight is 462 g/mol. The number of nitrogens with zero attached hydrogens (tertiary/aromatic N) is 6. The van der Waals surface area contributed by atoms with Crippen LogP contribution in [-0.2, 0) is 11.2 Å². The predicted octanol–water partition coefficient (Wildman–Crippen LogP) is 3.66. The lowest BCUT2D eigenvalue weighted by Gasteiger charge is -2.32. The van der Waals surface area contributed by atoms with Crippen LogP contribution in [0.5, 0.6) is 0 Å². The molecular weight excluding hydrogens is 434 g/mol. The number of tetrazole rings is 1. The third-order valence-corrected chi connectivity index (χ3v) is 7.15. The number of hydrogen-bond acceptors (Lipinski definition) is 7. The van der Waals surface area contributed by atoms with E-state index in [2.05, 4.69) is 73.5 Å². The van der Waals surface area contributed by atoms with Crippen molar-refractivity contribution in [2.75, 3.05) is 18.0 Å². The lowest BCUT2D eigenvalue weighted by Crippen LogP contribution is -2.42. The number of thiophene rings is 1. The van der Waals surface area contributed by atoms with Gasteiger partial charge in [-0.05, 0) is 64.4 Å². The predicted molar refractivity (Wildman–Crippen MR) is 128 cm³/mol. The van der Waals surface area contributed by atoms with Crippen LogP contribution in [-0.4, -0.2) is 44.3 Å². The van der Waals surface area contributed by atoms with Gasteiger partial charge in [0.1, 0.15) is 0 Å². The van der Waals surface area contributed by atoms with Crippen LogP contribution in [0.25, 0.3) is 5.65 Å². The summed E-state index contributed by atoms with van der Waals surface area (Å²) >= 11 is 1.68. The maximum absolute atomic E-state index is 13.3. The van der Waals surface area contributed by atoms with Crippen LogP contribution in [0.3, 0.4) is 0 Å². The molecule has 1 fully saturated rings. The summed E-state index contributed by atoms with van der Waals surface area (Å²) in [5.74, 6) is 0.937. The highest BCUT2D eigenvalue weighted by atomic mass is 32.1. The molecule has 8 nitrogen and oxygen atoms in total. The molecule has 1 aromatic carbocycles. The monoisotopic (exact) mass is 461 g/mol. The molecule has 4 heterocycles. The van der Waals surface area contributed by atoms with Gasteiger partial charge < -0.3 is 10.2 Å². The van der Waals surface area contributed by atoms with Crippen molar-refractivity contribution in [3.8, 4) is 0 Å². The van der Waals surface area contributed by atoms with E-state index in [1.54, 1.807) is 11.3 Å². The van der Waals surface area contributed by atoms with Gasteiger partial charge in [-0.2, -0.15) is 0 Å². The number of carbonyl (C=O) groups excluding carboxylic acids is 1. The van der Waals surface area contributed by atoms with Crippen LogP contribution in [0.1, 0.15) is 48.2 Å². The number of rotatable bonds is 7. The van der Waals surface area contributed by atoms with Crippen LogP contribution in [0, 0.1) is 5.92 Å².